The summed E-state index contributed by atoms with van der Waals surface area (Å²) < 4.78 is 0. The van der Waals surface area contributed by atoms with Crippen LogP contribution in [0.4, 0.5) is 5.69 Å². The molecule has 0 bridgehead atoms. The number of anilines is 1. The molecular weight excluding hydrogens is 307 g/mol. The van der Waals surface area contributed by atoms with Crippen LogP contribution in [0.5, 0.6) is 0 Å². The smallest absolute Gasteiger partial charge is 0.255 e. The Morgan fingerprint density at radius 3 is 2.43 bits per heavy atom. The van der Waals surface area contributed by atoms with Crippen molar-refractivity contribution >= 4 is 34.8 Å². The summed E-state index contributed by atoms with van der Waals surface area (Å²) in [6.45, 7) is 2.05. The van der Waals surface area contributed by atoms with Gasteiger partial charge in [0.2, 0.25) is 0 Å². The molecule has 0 radical (unpaired) electrons. The van der Waals surface area contributed by atoms with E-state index in [9.17, 15) is 4.79 Å². The number of carbonyl (C=O) groups is 1. The van der Waals surface area contributed by atoms with Crippen molar-refractivity contribution in [3.63, 3.8) is 0 Å². The van der Waals surface area contributed by atoms with Gasteiger partial charge in [-0.15, -0.1) is 0 Å². The predicted octanol–water partition coefficient (Wildman–Crippen LogP) is 3.91. The first-order chi connectivity index (χ1) is 10.1. The summed E-state index contributed by atoms with van der Waals surface area (Å²) in [4.78, 5) is 16.3. The molecule has 2 aromatic carbocycles. The lowest BCUT2D eigenvalue weighted by Crippen LogP contribution is -2.31. The molecule has 21 heavy (non-hydrogen) atoms. The molecule has 0 aliphatic carbocycles. The molecule has 5 heteroatoms. The topological polar surface area (TPSA) is 23.6 Å². The molecule has 2 aromatic rings. The number of amides is 1. The van der Waals surface area contributed by atoms with Crippen molar-refractivity contribution in [1.29, 1.82) is 0 Å². The Labute approximate surface area is 133 Å². The second kappa shape index (κ2) is 5.96. The number of hydrogen-bond acceptors (Lipinski definition) is 2. The van der Waals surface area contributed by atoms with Crippen LogP contribution in [0.15, 0.2) is 48.5 Å². The number of halogens is 2. The van der Waals surface area contributed by atoms with Gasteiger partial charge in [-0.05, 0) is 30.3 Å². The van der Waals surface area contributed by atoms with Gasteiger partial charge >= 0.3 is 0 Å². The van der Waals surface area contributed by atoms with Crippen LogP contribution in [0, 0.1) is 0 Å². The Bertz CT molecular complexity index is 661. The maximum absolute atomic E-state index is 12.4. The van der Waals surface area contributed by atoms with Crippen molar-refractivity contribution in [3.05, 3.63) is 64.1 Å². The van der Waals surface area contributed by atoms with Gasteiger partial charge in [-0.3, -0.25) is 4.79 Å². The summed E-state index contributed by atoms with van der Waals surface area (Å²) in [7, 11) is 0. The van der Waals surface area contributed by atoms with Crippen molar-refractivity contribution in [2.45, 2.75) is 0 Å². The minimum absolute atomic E-state index is 0.0539. The lowest BCUT2D eigenvalue weighted by molar-refractivity contribution is 0.0794. The van der Waals surface area contributed by atoms with Crippen molar-refractivity contribution < 1.29 is 4.79 Å². The van der Waals surface area contributed by atoms with Gasteiger partial charge in [0.15, 0.2) is 0 Å². The van der Waals surface area contributed by atoms with Gasteiger partial charge in [0.1, 0.15) is 0 Å². The Morgan fingerprint density at radius 2 is 1.71 bits per heavy atom. The highest BCUT2D eigenvalue weighted by Crippen LogP contribution is 2.28. The third kappa shape index (κ3) is 2.99. The average molecular weight is 321 g/mol. The van der Waals surface area contributed by atoms with E-state index in [1.807, 2.05) is 47.4 Å². The number of nitrogens with zero attached hydrogens (tertiary/aromatic N) is 2. The fraction of sp³-hybridized carbons (Fsp3) is 0.188. The molecule has 1 heterocycles. The fourth-order valence-electron chi connectivity index (χ4n) is 2.41. The third-order valence-corrected chi connectivity index (χ3v) is 4.30. The van der Waals surface area contributed by atoms with E-state index in [-0.39, 0.29) is 5.91 Å². The summed E-state index contributed by atoms with van der Waals surface area (Å²) in [5.41, 5.74) is 1.70. The quantitative estimate of drug-likeness (QED) is 0.837. The highest BCUT2D eigenvalue weighted by atomic mass is 35.5. The predicted molar refractivity (Wildman–Crippen MR) is 86.2 cm³/mol. The van der Waals surface area contributed by atoms with E-state index in [0.717, 1.165) is 12.2 Å². The van der Waals surface area contributed by atoms with Crippen molar-refractivity contribution in [3.8, 4) is 0 Å². The number of benzene rings is 2. The monoisotopic (exact) mass is 320 g/mol. The van der Waals surface area contributed by atoms with Gasteiger partial charge in [0.05, 0.1) is 16.7 Å². The van der Waals surface area contributed by atoms with Crippen LogP contribution in [-0.2, 0) is 0 Å². The van der Waals surface area contributed by atoms with Gasteiger partial charge in [0.25, 0.3) is 5.91 Å². The summed E-state index contributed by atoms with van der Waals surface area (Å²) >= 11 is 12.0. The Hall–Kier alpha value is -1.71. The number of rotatable bonds is 2. The molecule has 0 spiro atoms. The molecule has 108 valence electrons. The normalized spacial score (nSPS) is 14.6. The summed E-state index contributed by atoms with van der Waals surface area (Å²) in [6.07, 6.45) is 0. The molecule has 0 N–H and O–H groups in total. The standard InChI is InChI=1S/C16H14Cl2N2O/c17-14-7-6-13(10-15(14)18)19-8-9-20(11-19)16(21)12-4-2-1-3-5-12/h1-7,10H,8-9,11H2. The first kappa shape index (κ1) is 14.2. The third-order valence-electron chi connectivity index (χ3n) is 3.56. The zero-order valence-electron chi connectivity index (χ0n) is 11.3. The van der Waals surface area contributed by atoms with Crippen LogP contribution < -0.4 is 4.90 Å². The molecule has 0 saturated carbocycles. The average Bonchev–Trinajstić information content (AvgIpc) is 3.00. The van der Waals surface area contributed by atoms with Crippen LogP contribution >= 0.6 is 23.2 Å². The summed E-state index contributed by atoms with van der Waals surface area (Å²) in [6, 6.07) is 14.9. The fourth-order valence-corrected chi connectivity index (χ4v) is 2.70. The van der Waals surface area contributed by atoms with E-state index in [4.69, 9.17) is 23.2 Å². The molecule has 3 nitrogen and oxygen atoms in total. The molecule has 0 aromatic heterocycles. The van der Waals surface area contributed by atoms with Crippen LogP contribution in [0.2, 0.25) is 10.0 Å². The van der Waals surface area contributed by atoms with Gasteiger partial charge in [0, 0.05) is 24.3 Å². The molecule has 0 atom stereocenters. The first-order valence-corrected chi connectivity index (χ1v) is 7.45. The molecule has 1 aliphatic rings. The second-order valence-electron chi connectivity index (χ2n) is 4.94. The molecule has 3 rings (SSSR count). The molecule has 1 saturated heterocycles. The van der Waals surface area contributed by atoms with E-state index in [1.54, 1.807) is 6.07 Å². The molecule has 1 aliphatic heterocycles. The highest BCUT2D eigenvalue weighted by Gasteiger charge is 2.25. The minimum atomic E-state index is 0.0539. The molecule has 0 unspecified atom stereocenters. The van der Waals surface area contributed by atoms with E-state index in [2.05, 4.69) is 4.90 Å². The Morgan fingerprint density at radius 1 is 0.952 bits per heavy atom. The maximum Gasteiger partial charge on any atom is 0.255 e. The van der Waals surface area contributed by atoms with Gasteiger partial charge < -0.3 is 9.80 Å². The van der Waals surface area contributed by atoms with Gasteiger partial charge in [-0.1, -0.05) is 41.4 Å². The Balaban J connectivity index is 1.73. The second-order valence-corrected chi connectivity index (χ2v) is 5.75. The van der Waals surface area contributed by atoms with Crippen molar-refractivity contribution in [1.82, 2.24) is 4.90 Å². The van der Waals surface area contributed by atoms with Crippen molar-refractivity contribution in [2.75, 3.05) is 24.7 Å². The largest absolute Gasteiger partial charge is 0.352 e. The van der Waals surface area contributed by atoms with Crippen LogP contribution in [0.1, 0.15) is 10.4 Å². The zero-order valence-corrected chi connectivity index (χ0v) is 12.8. The van der Waals surface area contributed by atoms with Crippen LogP contribution in [-0.4, -0.2) is 30.6 Å². The minimum Gasteiger partial charge on any atom is -0.352 e. The van der Waals surface area contributed by atoms with Gasteiger partial charge in [-0.25, -0.2) is 0 Å². The lowest BCUT2D eigenvalue weighted by atomic mass is 10.2. The maximum atomic E-state index is 12.4. The zero-order chi connectivity index (χ0) is 14.8. The molecule has 1 amide bonds. The first-order valence-electron chi connectivity index (χ1n) is 6.69. The lowest BCUT2D eigenvalue weighted by Gasteiger charge is -2.20. The van der Waals surface area contributed by atoms with E-state index in [0.29, 0.717) is 28.8 Å². The van der Waals surface area contributed by atoms with E-state index >= 15 is 0 Å². The highest BCUT2D eigenvalue weighted by molar-refractivity contribution is 6.42. The van der Waals surface area contributed by atoms with E-state index < -0.39 is 0 Å². The van der Waals surface area contributed by atoms with Crippen LogP contribution in [0.25, 0.3) is 0 Å². The Kier molecular flexibility index (Phi) is 4.04. The van der Waals surface area contributed by atoms with Crippen molar-refractivity contribution in [2.24, 2.45) is 0 Å². The summed E-state index contributed by atoms with van der Waals surface area (Å²) in [5, 5.41) is 1.07. The van der Waals surface area contributed by atoms with Gasteiger partial charge in [-0.2, -0.15) is 0 Å². The number of carbonyl (C=O) groups excluding carboxylic acids is 1. The van der Waals surface area contributed by atoms with E-state index in [1.165, 1.54) is 0 Å². The summed E-state index contributed by atoms with van der Waals surface area (Å²) in [5.74, 6) is 0.0539. The SMILES string of the molecule is O=C(c1ccccc1)N1CCN(c2ccc(Cl)c(Cl)c2)C1. The number of hydrogen-bond donors (Lipinski definition) is 0. The van der Waals surface area contributed by atoms with Crippen LogP contribution in [0.3, 0.4) is 0 Å². The molecule has 1 fully saturated rings. The molecular formula is C16H14Cl2N2O.